The minimum atomic E-state index is -0.779. The average Bonchev–Trinajstić information content (AvgIpc) is 2.65. The van der Waals surface area contributed by atoms with Crippen LogP contribution in [0.4, 0.5) is 0 Å². The summed E-state index contributed by atoms with van der Waals surface area (Å²) in [4.78, 5) is 24.6. The molecule has 2 N–H and O–H groups in total. The summed E-state index contributed by atoms with van der Waals surface area (Å²) in [5.74, 6) is -0.766. The first-order chi connectivity index (χ1) is 11.5. The lowest BCUT2D eigenvalue weighted by atomic mass is 10.1. The molecule has 2 rings (SSSR count). The Morgan fingerprint density at radius 1 is 1.08 bits per heavy atom. The fourth-order valence-electron chi connectivity index (χ4n) is 2.11. The summed E-state index contributed by atoms with van der Waals surface area (Å²) >= 11 is 1.63. The summed E-state index contributed by atoms with van der Waals surface area (Å²) in [6.45, 7) is 0.107. The summed E-state index contributed by atoms with van der Waals surface area (Å²) in [6, 6.07) is 13.7. The molecule has 0 aliphatic heterocycles. The molecule has 6 heteroatoms. The van der Waals surface area contributed by atoms with Gasteiger partial charge in [0.1, 0.15) is 0 Å². The first-order valence-corrected chi connectivity index (χ1v) is 8.56. The molecule has 1 atom stereocenters. The molecule has 0 aliphatic carbocycles. The Morgan fingerprint density at radius 3 is 2.21 bits per heavy atom. The molecule has 2 aromatic carbocycles. The summed E-state index contributed by atoms with van der Waals surface area (Å²) in [6.07, 6.45) is 1.20. The Hall–Kier alpha value is -2.31. The van der Waals surface area contributed by atoms with E-state index in [9.17, 15) is 14.7 Å². The molecular formula is C18H19NO4S. The zero-order chi connectivity index (χ0) is 17.5. The van der Waals surface area contributed by atoms with Crippen LogP contribution < -0.4 is 5.32 Å². The van der Waals surface area contributed by atoms with Crippen LogP contribution in [0, 0.1) is 0 Å². The number of amides is 1. The van der Waals surface area contributed by atoms with Crippen LogP contribution in [-0.4, -0.2) is 36.9 Å². The highest BCUT2D eigenvalue weighted by Gasteiger charge is 2.12. The Balaban J connectivity index is 1.93. The van der Waals surface area contributed by atoms with Crippen LogP contribution in [0.2, 0.25) is 0 Å². The van der Waals surface area contributed by atoms with Crippen molar-refractivity contribution in [3.05, 3.63) is 65.2 Å². The lowest BCUT2D eigenvalue weighted by molar-refractivity contribution is 0.0600. The molecule has 1 amide bonds. The van der Waals surface area contributed by atoms with Crippen LogP contribution in [0.15, 0.2) is 53.4 Å². The normalized spacial score (nSPS) is 11.6. The molecule has 0 saturated heterocycles. The maximum absolute atomic E-state index is 12.1. The Labute approximate surface area is 145 Å². The number of methoxy groups -OCH3 is 1. The van der Waals surface area contributed by atoms with Crippen molar-refractivity contribution in [1.29, 1.82) is 0 Å². The van der Waals surface area contributed by atoms with Crippen molar-refractivity contribution in [3.63, 3.8) is 0 Å². The van der Waals surface area contributed by atoms with Crippen molar-refractivity contribution in [2.24, 2.45) is 0 Å². The minimum Gasteiger partial charge on any atom is -0.465 e. The summed E-state index contributed by atoms with van der Waals surface area (Å²) < 4.78 is 4.61. The first-order valence-electron chi connectivity index (χ1n) is 7.33. The first kappa shape index (κ1) is 18.0. The molecule has 0 unspecified atom stereocenters. The van der Waals surface area contributed by atoms with E-state index < -0.39 is 12.1 Å². The zero-order valence-corrected chi connectivity index (χ0v) is 14.3. The van der Waals surface area contributed by atoms with E-state index in [1.165, 1.54) is 19.2 Å². The number of hydrogen-bond donors (Lipinski definition) is 2. The van der Waals surface area contributed by atoms with Gasteiger partial charge < -0.3 is 15.2 Å². The van der Waals surface area contributed by atoms with Gasteiger partial charge >= 0.3 is 5.97 Å². The molecule has 0 spiro atoms. The second kappa shape index (κ2) is 8.52. The Bertz CT molecular complexity index is 698. The molecule has 0 aliphatic rings. The highest BCUT2D eigenvalue weighted by Crippen LogP contribution is 2.18. The van der Waals surface area contributed by atoms with Crippen molar-refractivity contribution < 1.29 is 19.4 Å². The standard InChI is InChI=1S/C18H19NO4S/c1-23-18(22)14-5-3-13(4-6-14)17(21)19-11-16(20)12-7-9-15(24-2)10-8-12/h3-10,16,20H,11H2,1-2H3,(H,19,21)/t16-/m0/s1. The van der Waals surface area contributed by atoms with Crippen LogP contribution in [0.1, 0.15) is 32.4 Å². The predicted molar refractivity (Wildman–Crippen MR) is 93.3 cm³/mol. The van der Waals surface area contributed by atoms with E-state index in [2.05, 4.69) is 10.1 Å². The molecular weight excluding hydrogens is 326 g/mol. The number of carbonyl (C=O) groups excluding carboxylic acids is 2. The van der Waals surface area contributed by atoms with Gasteiger partial charge in [-0.05, 0) is 48.2 Å². The summed E-state index contributed by atoms with van der Waals surface area (Å²) in [5.41, 5.74) is 1.53. The number of benzene rings is 2. The number of esters is 1. The summed E-state index contributed by atoms with van der Waals surface area (Å²) in [5, 5.41) is 12.8. The fourth-order valence-corrected chi connectivity index (χ4v) is 2.52. The number of nitrogens with one attached hydrogen (secondary N) is 1. The topological polar surface area (TPSA) is 75.6 Å². The SMILES string of the molecule is COC(=O)c1ccc(C(=O)NC[C@H](O)c2ccc(SC)cc2)cc1. The average molecular weight is 345 g/mol. The highest BCUT2D eigenvalue weighted by molar-refractivity contribution is 7.98. The lowest BCUT2D eigenvalue weighted by Gasteiger charge is -2.13. The van der Waals surface area contributed by atoms with E-state index in [0.29, 0.717) is 11.1 Å². The lowest BCUT2D eigenvalue weighted by Crippen LogP contribution is -2.28. The number of aliphatic hydroxyl groups excluding tert-OH is 1. The third kappa shape index (κ3) is 4.59. The van der Waals surface area contributed by atoms with Gasteiger partial charge in [0.15, 0.2) is 0 Å². The molecule has 5 nitrogen and oxygen atoms in total. The molecule has 0 saturated carbocycles. The second-order valence-electron chi connectivity index (χ2n) is 5.07. The van der Waals surface area contributed by atoms with Crippen LogP contribution in [-0.2, 0) is 4.74 Å². The van der Waals surface area contributed by atoms with E-state index in [0.717, 1.165) is 10.5 Å². The van der Waals surface area contributed by atoms with E-state index in [1.54, 1.807) is 23.9 Å². The van der Waals surface area contributed by atoms with Crippen molar-refractivity contribution >= 4 is 23.6 Å². The van der Waals surface area contributed by atoms with Crippen LogP contribution in [0.3, 0.4) is 0 Å². The fraction of sp³-hybridized carbons (Fsp3) is 0.222. The van der Waals surface area contributed by atoms with Gasteiger partial charge in [-0.2, -0.15) is 0 Å². The largest absolute Gasteiger partial charge is 0.465 e. The number of hydrogen-bond acceptors (Lipinski definition) is 5. The summed E-state index contributed by atoms with van der Waals surface area (Å²) in [7, 11) is 1.30. The monoisotopic (exact) mass is 345 g/mol. The molecule has 0 fully saturated rings. The Morgan fingerprint density at radius 2 is 1.67 bits per heavy atom. The van der Waals surface area contributed by atoms with Gasteiger partial charge in [-0.3, -0.25) is 4.79 Å². The third-order valence-electron chi connectivity index (χ3n) is 3.52. The van der Waals surface area contributed by atoms with Crippen molar-refractivity contribution in [3.8, 4) is 0 Å². The van der Waals surface area contributed by atoms with Gasteiger partial charge in [0, 0.05) is 17.0 Å². The highest BCUT2D eigenvalue weighted by atomic mass is 32.2. The van der Waals surface area contributed by atoms with E-state index in [1.807, 2.05) is 30.5 Å². The van der Waals surface area contributed by atoms with Gasteiger partial charge in [0.05, 0.1) is 18.8 Å². The number of aliphatic hydroxyl groups is 1. The van der Waals surface area contributed by atoms with Crippen LogP contribution in [0.25, 0.3) is 0 Å². The molecule has 126 valence electrons. The number of rotatable bonds is 6. The van der Waals surface area contributed by atoms with E-state index in [-0.39, 0.29) is 12.5 Å². The molecule has 0 radical (unpaired) electrons. The maximum Gasteiger partial charge on any atom is 0.337 e. The van der Waals surface area contributed by atoms with Gasteiger partial charge in [0.2, 0.25) is 0 Å². The molecule has 0 bridgehead atoms. The smallest absolute Gasteiger partial charge is 0.337 e. The zero-order valence-electron chi connectivity index (χ0n) is 13.5. The predicted octanol–water partition coefficient (Wildman–Crippen LogP) is 2.66. The van der Waals surface area contributed by atoms with Crippen LogP contribution >= 0.6 is 11.8 Å². The number of ether oxygens (including phenoxy) is 1. The second-order valence-corrected chi connectivity index (χ2v) is 5.95. The van der Waals surface area contributed by atoms with E-state index >= 15 is 0 Å². The van der Waals surface area contributed by atoms with Gasteiger partial charge in [0.25, 0.3) is 5.91 Å². The van der Waals surface area contributed by atoms with Gasteiger partial charge in [-0.1, -0.05) is 12.1 Å². The Kier molecular flexibility index (Phi) is 6.40. The molecule has 0 heterocycles. The van der Waals surface area contributed by atoms with Crippen molar-refractivity contribution in [2.75, 3.05) is 19.9 Å². The van der Waals surface area contributed by atoms with Crippen LogP contribution in [0.5, 0.6) is 0 Å². The molecule has 0 aromatic heterocycles. The third-order valence-corrected chi connectivity index (χ3v) is 4.27. The number of carbonyl (C=O) groups is 2. The van der Waals surface area contributed by atoms with Crippen molar-refractivity contribution in [2.45, 2.75) is 11.0 Å². The number of thioether (sulfide) groups is 1. The quantitative estimate of drug-likeness (QED) is 0.622. The minimum absolute atomic E-state index is 0.107. The van der Waals surface area contributed by atoms with Crippen molar-refractivity contribution in [1.82, 2.24) is 5.32 Å². The molecule has 24 heavy (non-hydrogen) atoms. The van der Waals surface area contributed by atoms with Gasteiger partial charge in [-0.25, -0.2) is 4.79 Å². The van der Waals surface area contributed by atoms with E-state index in [4.69, 9.17) is 0 Å². The maximum atomic E-state index is 12.1. The molecule has 2 aromatic rings. The van der Waals surface area contributed by atoms with Gasteiger partial charge in [-0.15, -0.1) is 11.8 Å².